The second-order valence-corrected chi connectivity index (χ2v) is 17.5. The monoisotopic (exact) mass is 712 g/mol. The molecule has 47 heavy (non-hydrogen) atoms. The van der Waals surface area contributed by atoms with Crippen LogP contribution in [0.5, 0.6) is 0 Å². The summed E-state index contributed by atoms with van der Waals surface area (Å²) in [6, 6.07) is 28.5. The largest absolute Gasteiger partial charge is 0.747 e. The van der Waals surface area contributed by atoms with Crippen LogP contribution in [0.25, 0.3) is 0 Å². The Kier molecular flexibility index (Phi) is 13.0. The van der Waals surface area contributed by atoms with Gasteiger partial charge in [-0.3, -0.25) is 4.79 Å². The van der Waals surface area contributed by atoms with Crippen LogP contribution < -0.4 is 0 Å². The van der Waals surface area contributed by atoms with Crippen molar-refractivity contribution in [1.29, 1.82) is 0 Å². The van der Waals surface area contributed by atoms with E-state index in [-0.39, 0.29) is 16.1 Å². The van der Waals surface area contributed by atoms with Crippen LogP contribution in [0, 0.1) is 5.92 Å². The smallest absolute Gasteiger partial charge is 0.407 e. The standard InChI is InChI=1S/C24H25O2S2.C10H15F3O5S/c25-28(26,23-14-8-3-9-15-23)24-18-16-22(17-19-24)27(20-10-4-1-5-11-20)21-12-6-2-7-13-21;11-10(12,13)8(19(15,16)17)6-18-9(14)7-4-2-1-3-5-7/h1-2,4-7,10-13,16-19,23H,3,8-9,14-15H2;7-8H,1-6H2,(H,15,16,17)/q+1;/p-1. The number of ether oxygens (including phenoxy) is 1. The Bertz CT molecular complexity index is 1600. The third-order valence-electron chi connectivity index (χ3n) is 8.37. The lowest BCUT2D eigenvalue weighted by molar-refractivity contribution is -0.161. The molecule has 3 aromatic rings. The molecule has 2 aliphatic rings. The molecule has 0 heterocycles. The average molecular weight is 713 g/mol. The van der Waals surface area contributed by atoms with Crippen molar-refractivity contribution in [2.24, 2.45) is 5.92 Å². The Morgan fingerprint density at radius 2 is 1.17 bits per heavy atom. The molecule has 0 bridgehead atoms. The van der Waals surface area contributed by atoms with Crippen LogP contribution in [0.15, 0.2) is 105 Å². The summed E-state index contributed by atoms with van der Waals surface area (Å²) in [5.41, 5.74) is 0. The predicted molar refractivity (Wildman–Crippen MR) is 173 cm³/mol. The molecule has 0 radical (unpaired) electrons. The minimum Gasteiger partial charge on any atom is -0.747 e. The fourth-order valence-electron chi connectivity index (χ4n) is 5.81. The summed E-state index contributed by atoms with van der Waals surface area (Å²) in [6.07, 6.45) is 3.08. The van der Waals surface area contributed by atoms with E-state index in [0.717, 1.165) is 56.3 Å². The van der Waals surface area contributed by atoms with Gasteiger partial charge in [0.25, 0.3) is 0 Å². The number of halogens is 3. The van der Waals surface area contributed by atoms with E-state index in [1.54, 1.807) is 0 Å². The SMILES string of the molecule is O=C(OCC(C(F)(F)F)S(=O)(=O)[O-])C1CCCCC1.O=S(=O)(c1ccc([S+](c2ccccc2)c2ccccc2)cc1)C1CCCCC1. The van der Waals surface area contributed by atoms with Crippen molar-refractivity contribution in [3.63, 3.8) is 0 Å². The van der Waals surface area contributed by atoms with Crippen LogP contribution in [0.3, 0.4) is 0 Å². The van der Waals surface area contributed by atoms with Crippen molar-refractivity contribution in [3.8, 4) is 0 Å². The van der Waals surface area contributed by atoms with Crippen LogP contribution in [0.4, 0.5) is 13.2 Å². The van der Waals surface area contributed by atoms with E-state index in [1.807, 2.05) is 36.4 Å². The number of alkyl halides is 3. The lowest BCUT2D eigenvalue weighted by Gasteiger charge is -2.25. The summed E-state index contributed by atoms with van der Waals surface area (Å²) in [6.45, 7) is -1.47. The van der Waals surface area contributed by atoms with Crippen LogP contribution in [-0.4, -0.2) is 50.6 Å². The number of benzene rings is 3. The van der Waals surface area contributed by atoms with E-state index >= 15 is 0 Å². The molecule has 2 saturated carbocycles. The van der Waals surface area contributed by atoms with Crippen LogP contribution >= 0.6 is 0 Å². The molecule has 0 aromatic heterocycles. The molecular formula is C34H39F3O7S3. The van der Waals surface area contributed by atoms with Crippen LogP contribution in [0.2, 0.25) is 0 Å². The highest BCUT2D eigenvalue weighted by Gasteiger charge is 2.45. The molecule has 7 nitrogen and oxygen atoms in total. The van der Waals surface area contributed by atoms with Gasteiger partial charge in [0.1, 0.15) is 16.7 Å². The van der Waals surface area contributed by atoms with Gasteiger partial charge in [0.2, 0.25) is 0 Å². The Balaban J connectivity index is 0.000000231. The first-order valence-corrected chi connectivity index (χ1v) is 19.9. The summed E-state index contributed by atoms with van der Waals surface area (Å²) >= 11 is 0. The van der Waals surface area contributed by atoms with Gasteiger partial charge in [-0.15, -0.1) is 0 Å². The number of hydrogen-bond acceptors (Lipinski definition) is 7. The van der Waals surface area contributed by atoms with Crippen molar-refractivity contribution in [1.82, 2.24) is 0 Å². The summed E-state index contributed by atoms with van der Waals surface area (Å²) in [7, 11) is -9.08. The highest BCUT2D eigenvalue weighted by atomic mass is 32.2. The molecule has 3 aromatic carbocycles. The number of esters is 1. The van der Waals surface area contributed by atoms with E-state index in [2.05, 4.69) is 53.3 Å². The third kappa shape index (κ3) is 10.3. The van der Waals surface area contributed by atoms with E-state index in [4.69, 9.17) is 0 Å². The Hall–Kier alpha value is -2.87. The van der Waals surface area contributed by atoms with E-state index in [1.165, 1.54) is 9.79 Å². The number of sulfone groups is 1. The quantitative estimate of drug-likeness (QED) is 0.128. The summed E-state index contributed by atoms with van der Waals surface area (Å²) in [5, 5.41) is -3.42. The zero-order valence-corrected chi connectivity index (χ0v) is 28.3. The maximum Gasteiger partial charge on any atom is 0.407 e. The first-order chi connectivity index (χ1) is 22.3. The van der Waals surface area contributed by atoms with E-state index in [9.17, 15) is 39.4 Å². The van der Waals surface area contributed by atoms with Gasteiger partial charge in [0.15, 0.2) is 29.8 Å². The van der Waals surface area contributed by atoms with Gasteiger partial charge in [0.05, 0.1) is 27.0 Å². The number of hydrogen-bond donors (Lipinski definition) is 0. The van der Waals surface area contributed by atoms with E-state index < -0.39 is 49.9 Å². The second-order valence-electron chi connectivity index (χ2n) is 11.7. The fraction of sp³-hybridized carbons (Fsp3) is 0.441. The number of carbonyl (C=O) groups excluding carboxylic acids is 1. The predicted octanol–water partition coefficient (Wildman–Crippen LogP) is 7.47. The average Bonchev–Trinajstić information content (AvgIpc) is 3.06. The molecule has 1 atom stereocenters. The van der Waals surface area contributed by atoms with Crippen molar-refractivity contribution >= 4 is 36.8 Å². The summed E-state index contributed by atoms with van der Waals surface area (Å²) in [5.74, 6) is -1.37. The Morgan fingerprint density at radius 1 is 0.723 bits per heavy atom. The van der Waals surface area contributed by atoms with Crippen molar-refractivity contribution < 1.29 is 44.1 Å². The number of carbonyl (C=O) groups is 1. The zero-order valence-electron chi connectivity index (χ0n) is 25.8. The maximum atomic E-state index is 13.0. The normalized spacial score (nSPS) is 17.4. The zero-order chi connectivity index (χ0) is 34.1. The molecule has 0 spiro atoms. The molecule has 2 aliphatic carbocycles. The molecule has 5 rings (SSSR count). The minimum atomic E-state index is -5.60. The van der Waals surface area contributed by atoms with Gasteiger partial charge in [0, 0.05) is 0 Å². The maximum absolute atomic E-state index is 13.0. The summed E-state index contributed by atoms with van der Waals surface area (Å²) < 4.78 is 98.9. The molecule has 13 heteroatoms. The van der Waals surface area contributed by atoms with Crippen LogP contribution in [-0.2, 0) is 40.4 Å². The minimum absolute atomic E-state index is 0.214. The lowest BCUT2D eigenvalue weighted by Crippen LogP contribution is -2.41. The lowest BCUT2D eigenvalue weighted by atomic mass is 9.89. The van der Waals surface area contributed by atoms with Crippen molar-refractivity contribution in [2.75, 3.05) is 6.61 Å². The fourth-order valence-corrected chi connectivity index (χ4v) is 10.3. The molecule has 0 aliphatic heterocycles. The van der Waals surface area contributed by atoms with Crippen LogP contribution in [0.1, 0.15) is 64.2 Å². The van der Waals surface area contributed by atoms with Gasteiger partial charge in [-0.1, -0.05) is 74.9 Å². The van der Waals surface area contributed by atoms with Crippen molar-refractivity contribution in [2.45, 2.75) is 100 Å². The summed E-state index contributed by atoms with van der Waals surface area (Å²) in [4.78, 5) is 15.5. The van der Waals surface area contributed by atoms with Gasteiger partial charge < -0.3 is 9.29 Å². The van der Waals surface area contributed by atoms with Gasteiger partial charge >= 0.3 is 12.1 Å². The molecular weight excluding hydrogens is 674 g/mol. The topological polar surface area (TPSA) is 118 Å². The Labute approximate surface area is 277 Å². The molecule has 0 saturated heterocycles. The van der Waals surface area contributed by atoms with Gasteiger partial charge in [-0.2, -0.15) is 13.2 Å². The second kappa shape index (κ2) is 16.5. The number of rotatable bonds is 9. The molecule has 256 valence electrons. The van der Waals surface area contributed by atoms with Gasteiger partial charge in [-0.25, -0.2) is 16.8 Å². The molecule has 2 fully saturated rings. The first kappa shape index (κ1) is 37.0. The molecule has 0 N–H and O–H groups in total. The molecule has 1 unspecified atom stereocenters. The van der Waals surface area contributed by atoms with E-state index in [0.29, 0.717) is 17.7 Å². The first-order valence-electron chi connectivity index (χ1n) is 15.6. The molecule has 0 amide bonds. The highest BCUT2D eigenvalue weighted by Crippen LogP contribution is 2.34. The Morgan fingerprint density at radius 3 is 1.62 bits per heavy atom. The third-order valence-corrected chi connectivity index (χ3v) is 14.0. The van der Waals surface area contributed by atoms with Crippen molar-refractivity contribution in [3.05, 3.63) is 84.9 Å². The van der Waals surface area contributed by atoms with Gasteiger partial charge in [-0.05, 0) is 74.2 Å². The highest BCUT2D eigenvalue weighted by molar-refractivity contribution is 7.97.